The number of hydrogen-bond donors (Lipinski definition) is 0. The Balaban J connectivity index is 2.03. The predicted molar refractivity (Wildman–Crippen MR) is 105 cm³/mol. The number of aromatic nitrogens is 2. The molecule has 0 amide bonds. The summed E-state index contributed by atoms with van der Waals surface area (Å²) < 4.78 is 7.14. The number of nitrogens with zero attached hydrogens (tertiary/aromatic N) is 2. The van der Waals surface area contributed by atoms with E-state index in [1.807, 2.05) is 0 Å². The van der Waals surface area contributed by atoms with Gasteiger partial charge in [-0.2, -0.15) is 0 Å². The summed E-state index contributed by atoms with van der Waals surface area (Å²) in [5.41, 5.74) is 1.18. The van der Waals surface area contributed by atoms with Gasteiger partial charge in [-0.1, -0.05) is 40.2 Å². The van der Waals surface area contributed by atoms with Gasteiger partial charge in [-0.25, -0.2) is 4.98 Å². The molecule has 0 N–H and O–H groups in total. The highest BCUT2D eigenvalue weighted by molar-refractivity contribution is 9.10. The number of fused-ring (bicyclic) bond motifs is 1. The minimum absolute atomic E-state index is 0.0655. The maximum Gasteiger partial charge on any atom is 0.312 e. The molecule has 138 valence electrons. The Morgan fingerprint density at radius 1 is 1.11 bits per heavy atom. The number of rotatable bonds is 6. The van der Waals surface area contributed by atoms with Crippen LogP contribution in [-0.2, 0) is 22.5 Å². The number of halogens is 1. The zero-order valence-electron chi connectivity index (χ0n) is 14.6. The predicted octanol–water partition coefficient (Wildman–Crippen LogP) is 3.15. The maximum absolute atomic E-state index is 12.9. The van der Waals surface area contributed by atoms with Crippen LogP contribution in [0.25, 0.3) is 11.0 Å². The van der Waals surface area contributed by atoms with Gasteiger partial charge in [-0.3, -0.25) is 19.0 Å². The van der Waals surface area contributed by atoms with Gasteiger partial charge >= 0.3 is 5.97 Å². The lowest BCUT2D eigenvalue weighted by Gasteiger charge is -2.12. The number of esters is 1. The smallest absolute Gasteiger partial charge is 0.312 e. The van der Waals surface area contributed by atoms with Crippen LogP contribution in [-0.4, -0.2) is 27.9 Å². The highest BCUT2D eigenvalue weighted by Crippen LogP contribution is 2.14. The van der Waals surface area contributed by atoms with Crippen molar-refractivity contribution in [2.75, 3.05) is 6.61 Å². The lowest BCUT2D eigenvalue weighted by Crippen LogP contribution is -2.30. The lowest BCUT2D eigenvalue weighted by atomic mass is 10.1. The summed E-state index contributed by atoms with van der Waals surface area (Å²) in [4.78, 5) is 41.7. The van der Waals surface area contributed by atoms with Crippen molar-refractivity contribution < 1.29 is 14.3 Å². The molecule has 0 atom stereocenters. The van der Waals surface area contributed by atoms with Crippen molar-refractivity contribution >= 4 is 38.7 Å². The highest BCUT2D eigenvalue weighted by Gasteiger charge is 2.17. The number of ketones is 1. The van der Waals surface area contributed by atoms with E-state index in [1.54, 1.807) is 55.5 Å². The Hall–Kier alpha value is -2.80. The molecule has 1 aromatic heterocycles. The van der Waals surface area contributed by atoms with Crippen LogP contribution < -0.4 is 5.56 Å². The van der Waals surface area contributed by atoms with Crippen LogP contribution in [0, 0.1) is 0 Å². The Labute approximate surface area is 163 Å². The van der Waals surface area contributed by atoms with Gasteiger partial charge in [0.2, 0.25) is 0 Å². The van der Waals surface area contributed by atoms with E-state index in [9.17, 15) is 14.4 Å². The topological polar surface area (TPSA) is 78.3 Å². The first-order valence-corrected chi connectivity index (χ1v) is 9.21. The van der Waals surface area contributed by atoms with Gasteiger partial charge in [0, 0.05) is 10.0 Å². The van der Waals surface area contributed by atoms with Gasteiger partial charge < -0.3 is 4.74 Å². The van der Waals surface area contributed by atoms with Crippen LogP contribution >= 0.6 is 15.9 Å². The lowest BCUT2D eigenvalue weighted by molar-refractivity contribution is -0.142. The van der Waals surface area contributed by atoms with Crippen LogP contribution in [0.1, 0.15) is 23.0 Å². The number of Topliss-reactive ketones (excluding diaryl/α,β-unsaturated/α-hetero) is 1. The average molecular weight is 429 g/mol. The molecule has 3 rings (SSSR count). The molecule has 27 heavy (non-hydrogen) atoms. The molecule has 7 heteroatoms. The zero-order valence-corrected chi connectivity index (χ0v) is 16.2. The van der Waals surface area contributed by atoms with Crippen LogP contribution in [0.4, 0.5) is 0 Å². The summed E-state index contributed by atoms with van der Waals surface area (Å²) in [6.07, 6.45) is -0.232. The molecular formula is C20H17BrN2O4. The van der Waals surface area contributed by atoms with Crippen molar-refractivity contribution in [2.45, 2.75) is 19.9 Å². The second kappa shape index (κ2) is 8.26. The molecule has 0 saturated carbocycles. The molecular weight excluding hydrogens is 412 g/mol. The Bertz CT molecular complexity index is 1060. The number of ether oxygens (including phenoxy) is 1. The molecule has 3 aromatic rings. The summed E-state index contributed by atoms with van der Waals surface area (Å²) >= 11 is 3.33. The third-order valence-corrected chi connectivity index (χ3v) is 4.53. The summed E-state index contributed by atoms with van der Waals surface area (Å²) in [6, 6.07) is 14.0. The first-order valence-electron chi connectivity index (χ1n) is 8.42. The van der Waals surface area contributed by atoms with Crippen molar-refractivity contribution in [3.8, 4) is 0 Å². The molecule has 0 saturated heterocycles. The van der Waals surface area contributed by atoms with Gasteiger partial charge in [0.15, 0.2) is 5.78 Å². The number of benzene rings is 2. The molecule has 6 nitrogen and oxygen atoms in total. The minimum atomic E-state index is -0.525. The normalized spacial score (nSPS) is 10.7. The number of para-hydroxylation sites is 2. The van der Waals surface area contributed by atoms with E-state index in [2.05, 4.69) is 20.9 Å². The Morgan fingerprint density at radius 3 is 2.52 bits per heavy atom. The van der Waals surface area contributed by atoms with Gasteiger partial charge in [0.1, 0.15) is 5.69 Å². The van der Waals surface area contributed by atoms with Gasteiger partial charge in [-0.05, 0) is 31.2 Å². The van der Waals surface area contributed by atoms with E-state index in [0.717, 1.165) is 4.47 Å². The summed E-state index contributed by atoms with van der Waals surface area (Å²) in [6.45, 7) is 1.78. The second-order valence-electron chi connectivity index (χ2n) is 5.85. The fraction of sp³-hybridized carbons (Fsp3) is 0.200. The van der Waals surface area contributed by atoms with E-state index in [0.29, 0.717) is 16.6 Å². The van der Waals surface area contributed by atoms with E-state index < -0.39 is 11.5 Å². The first kappa shape index (κ1) is 19.0. The minimum Gasteiger partial charge on any atom is -0.466 e. The molecule has 0 spiro atoms. The van der Waals surface area contributed by atoms with Crippen molar-refractivity contribution in [1.82, 2.24) is 9.55 Å². The molecule has 0 fully saturated rings. The van der Waals surface area contributed by atoms with Crippen LogP contribution in [0.3, 0.4) is 0 Å². The average Bonchev–Trinajstić information content (AvgIpc) is 2.65. The van der Waals surface area contributed by atoms with Gasteiger partial charge in [0.25, 0.3) is 5.56 Å². The molecule has 0 aliphatic carbocycles. The van der Waals surface area contributed by atoms with E-state index in [-0.39, 0.29) is 31.0 Å². The quantitative estimate of drug-likeness (QED) is 0.445. The molecule has 0 bridgehead atoms. The van der Waals surface area contributed by atoms with Crippen molar-refractivity contribution in [3.63, 3.8) is 0 Å². The van der Waals surface area contributed by atoms with Crippen molar-refractivity contribution in [1.29, 1.82) is 0 Å². The number of carbonyl (C=O) groups is 2. The fourth-order valence-corrected chi connectivity index (χ4v) is 3.00. The number of carbonyl (C=O) groups excluding carboxylic acids is 2. The zero-order chi connectivity index (χ0) is 19.4. The monoisotopic (exact) mass is 428 g/mol. The SMILES string of the molecule is CCOC(=O)Cc1nc2ccccc2n(CC(=O)c2ccc(Br)cc2)c1=O. The summed E-state index contributed by atoms with van der Waals surface area (Å²) in [5.74, 6) is -0.730. The van der Waals surface area contributed by atoms with Crippen LogP contribution in [0.5, 0.6) is 0 Å². The van der Waals surface area contributed by atoms with Gasteiger partial charge in [-0.15, -0.1) is 0 Å². The summed E-state index contributed by atoms with van der Waals surface area (Å²) in [5, 5.41) is 0. The fourth-order valence-electron chi connectivity index (χ4n) is 2.74. The van der Waals surface area contributed by atoms with E-state index in [1.165, 1.54) is 4.57 Å². The molecule has 0 unspecified atom stereocenters. The van der Waals surface area contributed by atoms with Crippen LogP contribution in [0.15, 0.2) is 57.8 Å². The third-order valence-electron chi connectivity index (χ3n) is 4.00. The molecule has 0 radical (unpaired) electrons. The Kier molecular flexibility index (Phi) is 5.81. The molecule has 0 aliphatic rings. The Morgan fingerprint density at radius 2 is 1.81 bits per heavy atom. The maximum atomic E-state index is 12.9. The van der Waals surface area contributed by atoms with Crippen molar-refractivity contribution in [2.24, 2.45) is 0 Å². The number of hydrogen-bond acceptors (Lipinski definition) is 5. The molecule has 1 heterocycles. The standard InChI is InChI=1S/C20H17BrN2O4/c1-2-27-19(25)11-16-20(26)23(17-6-4-3-5-15(17)22-16)12-18(24)13-7-9-14(21)10-8-13/h3-10H,2,11-12H2,1H3. The van der Waals surface area contributed by atoms with E-state index in [4.69, 9.17) is 4.74 Å². The van der Waals surface area contributed by atoms with Gasteiger partial charge in [0.05, 0.1) is 30.6 Å². The summed E-state index contributed by atoms with van der Waals surface area (Å²) in [7, 11) is 0. The molecule has 2 aromatic carbocycles. The highest BCUT2D eigenvalue weighted by atomic mass is 79.9. The van der Waals surface area contributed by atoms with E-state index >= 15 is 0 Å². The van der Waals surface area contributed by atoms with Crippen molar-refractivity contribution in [3.05, 3.63) is 74.6 Å². The first-order chi connectivity index (χ1) is 13.0. The van der Waals surface area contributed by atoms with Crippen LogP contribution in [0.2, 0.25) is 0 Å². The second-order valence-corrected chi connectivity index (χ2v) is 6.77. The largest absolute Gasteiger partial charge is 0.466 e. The molecule has 0 aliphatic heterocycles. The third kappa shape index (κ3) is 4.31.